The maximum absolute atomic E-state index is 12.6. The van der Waals surface area contributed by atoms with Gasteiger partial charge in [0.25, 0.3) is 11.8 Å². The summed E-state index contributed by atoms with van der Waals surface area (Å²) in [4.78, 5) is 40.7. The molecule has 6 N–H and O–H groups in total. The van der Waals surface area contributed by atoms with Crippen molar-refractivity contribution < 1.29 is 33.6 Å². The monoisotopic (exact) mass is 723 g/mol. The number of carbonyl (C=O) groups is 2. The molecule has 1 atom stereocenters. The van der Waals surface area contributed by atoms with Crippen molar-refractivity contribution in [2.45, 2.75) is 19.9 Å². The van der Waals surface area contributed by atoms with Crippen LogP contribution in [0.25, 0.3) is 10.4 Å². The summed E-state index contributed by atoms with van der Waals surface area (Å²) in [6.45, 7) is 8.12. The number of hydrogen-bond acceptors (Lipinski definition) is 14. The molecule has 3 rings (SSSR count). The third kappa shape index (κ3) is 16.7. The van der Waals surface area contributed by atoms with Gasteiger partial charge in [-0.25, -0.2) is 0 Å². The smallest absolute Gasteiger partial charge is 0.251 e. The van der Waals surface area contributed by atoms with Crippen LogP contribution >= 0.6 is 0 Å². The highest BCUT2D eigenvalue weighted by Crippen LogP contribution is 2.18. The number of ether oxygens (including phenoxy) is 4. The van der Waals surface area contributed by atoms with Gasteiger partial charge >= 0.3 is 0 Å². The summed E-state index contributed by atoms with van der Waals surface area (Å²) in [5.41, 5.74) is 9.95. The van der Waals surface area contributed by atoms with Gasteiger partial charge in [0.05, 0.1) is 65.5 Å². The largest absolute Gasteiger partial charge is 0.394 e. The number of aliphatic hydroxyl groups excluding tert-OH is 1. The summed E-state index contributed by atoms with van der Waals surface area (Å²) >= 11 is 0. The first kappa shape index (κ1) is 41.3. The third-order valence-electron chi connectivity index (χ3n) is 7.13. The van der Waals surface area contributed by atoms with Crippen molar-refractivity contribution >= 4 is 35.3 Å². The zero-order chi connectivity index (χ0) is 37.2. The van der Waals surface area contributed by atoms with Gasteiger partial charge < -0.3 is 50.6 Å². The minimum Gasteiger partial charge on any atom is -0.394 e. The molecule has 0 aliphatic rings. The summed E-state index contributed by atoms with van der Waals surface area (Å²) in [6, 6.07) is 15.6. The number of rotatable bonds is 27. The van der Waals surface area contributed by atoms with E-state index in [4.69, 9.17) is 24.5 Å². The molecular formula is C34H49N11O7. The molecule has 0 bridgehead atoms. The van der Waals surface area contributed by atoms with Gasteiger partial charge in [-0.1, -0.05) is 37.2 Å². The molecule has 52 heavy (non-hydrogen) atoms. The third-order valence-corrected chi connectivity index (χ3v) is 7.13. The molecule has 18 nitrogen and oxygen atoms in total. The van der Waals surface area contributed by atoms with Crippen LogP contribution in [0.15, 0.2) is 59.7 Å². The Kier molecular flexibility index (Phi) is 19.8. The Morgan fingerprint density at radius 3 is 1.85 bits per heavy atom. The van der Waals surface area contributed by atoms with Crippen LogP contribution in [0, 0.1) is 5.92 Å². The first-order valence-electron chi connectivity index (χ1n) is 17.1. The molecule has 1 aromatic heterocycles. The Morgan fingerprint density at radius 1 is 0.731 bits per heavy atom. The van der Waals surface area contributed by atoms with Gasteiger partial charge in [-0.2, -0.15) is 15.0 Å². The average Bonchev–Trinajstić information content (AvgIpc) is 3.15. The topological polar surface area (TPSA) is 239 Å². The number of amides is 2. The van der Waals surface area contributed by atoms with Crippen LogP contribution in [0.4, 0.5) is 23.5 Å². The number of aromatic nitrogens is 3. The highest BCUT2D eigenvalue weighted by Gasteiger charge is 2.16. The molecule has 0 aliphatic heterocycles. The summed E-state index contributed by atoms with van der Waals surface area (Å²) in [7, 11) is 0. The van der Waals surface area contributed by atoms with E-state index in [9.17, 15) is 14.7 Å². The summed E-state index contributed by atoms with van der Waals surface area (Å²) in [5.74, 6) is 0.557. The number of anilines is 4. The molecule has 3 aromatic rings. The van der Waals surface area contributed by atoms with E-state index >= 15 is 0 Å². The molecule has 1 heterocycles. The molecular weight excluding hydrogens is 674 g/mol. The van der Waals surface area contributed by atoms with Gasteiger partial charge in [-0.15, -0.1) is 0 Å². The molecule has 0 radical (unpaired) electrons. The van der Waals surface area contributed by atoms with Crippen LogP contribution < -0.4 is 26.6 Å². The molecule has 0 fully saturated rings. The highest BCUT2D eigenvalue weighted by molar-refractivity contribution is 5.94. The van der Waals surface area contributed by atoms with Gasteiger partial charge in [0.2, 0.25) is 17.8 Å². The van der Waals surface area contributed by atoms with Crippen LogP contribution in [-0.2, 0) is 18.9 Å². The van der Waals surface area contributed by atoms with Crippen molar-refractivity contribution in [2.75, 3.05) is 102 Å². The number of hydrogen-bond donors (Lipinski definition) is 6. The lowest BCUT2D eigenvalue weighted by Crippen LogP contribution is -2.30. The Morgan fingerprint density at radius 2 is 1.27 bits per heavy atom. The van der Waals surface area contributed by atoms with Crippen molar-refractivity contribution in [3.8, 4) is 0 Å². The van der Waals surface area contributed by atoms with E-state index in [1.165, 1.54) is 0 Å². The first-order chi connectivity index (χ1) is 25.4. The minimum absolute atomic E-state index is 0.103. The fourth-order valence-electron chi connectivity index (χ4n) is 4.29. The van der Waals surface area contributed by atoms with Crippen LogP contribution in [0.5, 0.6) is 0 Å². The minimum atomic E-state index is -0.273. The van der Waals surface area contributed by atoms with Crippen LogP contribution in [0.1, 0.15) is 34.6 Å². The number of aliphatic hydroxyl groups is 1. The van der Waals surface area contributed by atoms with E-state index in [-0.39, 0.29) is 48.8 Å². The molecule has 0 saturated heterocycles. The van der Waals surface area contributed by atoms with E-state index < -0.39 is 0 Å². The lowest BCUT2D eigenvalue weighted by molar-refractivity contribution is 0.0511. The van der Waals surface area contributed by atoms with Crippen molar-refractivity contribution in [2.24, 2.45) is 11.0 Å². The van der Waals surface area contributed by atoms with Gasteiger partial charge in [0.1, 0.15) is 0 Å². The van der Waals surface area contributed by atoms with E-state index in [2.05, 4.69) is 51.6 Å². The van der Waals surface area contributed by atoms with Crippen LogP contribution in [0.3, 0.4) is 0 Å². The molecule has 2 amide bonds. The fourth-order valence-corrected chi connectivity index (χ4v) is 4.29. The Bertz CT molecular complexity index is 1510. The SMILES string of the molecule is CC(C)[C@@H](CO)Nc1nc(NCCOCCOCCNC(=O)c2ccccc2)nc(Nc2ccc(C(=O)NCCOCCOCCN=[N+]=[N-])cc2)n1. The standard InChI is InChI=1S/C34H49N11O7/c1-25(2)29(24-46)41-34-43-32(38-14-18-51-21-20-49-16-12-36-30(47)26-6-4-3-5-7-26)42-33(44-34)40-28-10-8-27(9-11-28)31(48)37-13-17-50-22-23-52-19-15-39-45-35/h3-11,25,29,46H,12-24H2,1-2H3,(H,36,47)(H,37,48)(H3,38,40,41,42,43,44)/t29-/m1/s1. The van der Waals surface area contributed by atoms with Crippen LogP contribution in [0.2, 0.25) is 0 Å². The van der Waals surface area contributed by atoms with Crippen LogP contribution in [-0.4, -0.2) is 124 Å². The molecule has 18 heteroatoms. The maximum atomic E-state index is 12.6. The molecule has 2 aromatic carbocycles. The van der Waals surface area contributed by atoms with Crippen molar-refractivity contribution in [1.29, 1.82) is 0 Å². The predicted octanol–water partition coefficient (Wildman–Crippen LogP) is 2.99. The summed E-state index contributed by atoms with van der Waals surface area (Å²) in [6.07, 6.45) is 0. The van der Waals surface area contributed by atoms with E-state index in [1.54, 1.807) is 36.4 Å². The highest BCUT2D eigenvalue weighted by atomic mass is 16.5. The number of azide groups is 1. The second kappa shape index (κ2) is 25.0. The van der Waals surface area contributed by atoms with Crippen molar-refractivity contribution in [1.82, 2.24) is 25.6 Å². The second-order valence-corrected chi connectivity index (χ2v) is 11.4. The number of carbonyl (C=O) groups excluding carboxylic acids is 2. The zero-order valence-corrected chi connectivity index (χ0v) is 29.6. The lowest BCUT2D eigenvalue weighted by Gasteiger charge is -2.20. The summed E-state index contributed by atoms with van der Waals surface area (Å²) in [5, 5.41) is 28.3. The molecule has 0 aliphatic carbocycles. The number of nitrogens with zero attached hydrogens (tertiary/aromatic N) is 6. The van der Waals surface area contributed by atoms with Gasteiger partial charge in [0.15, 0.2) is 0 Å². The van der Waals surface area contributed by atoms with Gasteiger partial charge in [-0.3, -0.25) is 9.59 Å². The Labute approximate surface area is 303 Å². The molecule has 282 valence electrons. The van der Waals surface area contributed by atoms with Gasteiger partial charge in [-0.05, 0) is 47.8 Å². The molecule has 0 unspecified atom stereocenters. The van der Waals surface area contributed by atoms with Crippen molar-refractivity contribution in [3.63, 3.8) is 0 Å². The average molecular weight is 724 g/mol. The first-order valence-corrected chi connectivity index (χ1v) is 17.1. The van der Waals surface area contributed by atoms with E-state index in [1.807, 2.05) is 32.0 Å². The molecule has 0 spiro atoms. The maximum Gasteiger partial charge on any atom is 0.251 e. The van der Waals surface area contributed by atoms with Gasteiger partial charge in [0, 0.05) is 47.9 Å². The van der Waals surface area contributed by atoms with E-state index in [0.717, 1.165) is 0 Å². The quantitative estimate of drug-likeness (QED) is 0.0287. The fraction of sp³-hybridized carbons (Fsp3) is 0.500. The Hall–Kier alpha value is -5.10. The second-order valence-electron chi connectivity index (χ2n) is 11.4. The van der Waals surface area contributed by atoms with E-state index in [0.29, 0.717) is 95.3 Å². The molecule has 0 saturated carbocycles. The Balaban J connectivity index is 1.41. The lowest BCUT2D eigenvalue weighted by atomic mass is 10.1. The zero-order valence-electron chi connectivity index (χ0n) is 29.6. The predicted molar refractivity (Wildman–Crippen MR) is 196 cm³/mol. The van der Waals surface area contributed by atoms with Crippen molar-refractivity contribution in [3.05, 3.63) is 76.2 Å². The number of nitrogens with one attached hydrogen (secondary N) is 5. The summed E-state index contributed by atoms with van der Waals surface area (Å²) < 4.78 is 21.9. The number of benzene rings is 2. The normalized spacial score (nSPS) is 11.4.